The first-order valence-electron chi connectivity index (χ1n) is 8.23. The lowest BCUT2D eigenvalue weighted by Gasteiger charge is -2.08. The highest BCUT2D eigenvalue weighted by atomic mass is 32.2. The van der Waals surface area contributed by atoms with Gasteiger partial charge < -0.3 is 9.88 Å². The molecule has 3 amide bonds. The van der Waals surface area contributed by atoms with Crippen molar-refractivity contribution in [2.45, 2.75) is 25.4 Å². The third kappa shape index (κ3) is 5.55. The predicted molar refractivity (Wildman–Crippen MR) is 98.1 cm³/mol. The number of benzene rings is 1. The maximum Gasteiger partial charge on any atom is 0.321 e. The van der Waals surface area contributed by atoms with Crippen LogP contribution in [0.1, 0.15) is 20.3 Å². The second kappa shape index (κ2) is 9.33. The van der Waals surface area contributed by atoms with Gasteiger partial charge in [0, 0.05) is 13.6 Å². The van der Waals surface area contributed by atoms with Gasteiger partial charge in [-0.2, -0.15) is 0 Å². The SMILES string of the molecule is CC(C)CCNC(=O)NC(=O)CSc1nnc(-c2ccccc2F)n1C. The molecule has 0 radical (unpaired) electrons. The van der Waals surface area contributed by atoms with E-state index in [4.69, 9.17) is 0 Å². The molecular formula is C17H22FN5O2S. The number of thioether (sulfide) groups is 1. The number of halogens is 1. The van der Waals surface area contributed by atoms with Gasteiger partial charge in [-0.1, -0.05) is 37.7 Å². The normalized spacial score (nSPS) is 10.8. The van der Waals surface area contributed by atoms with Crippen molar-refractivity contribution in [1.82, 2.24) is 25.4 Å². The monoisotopic (exact) mass is 379 g/mol. The first-order chi connectivity index (χ1) is 12.4. The molecule has 9 heteroatoms. The Hall–Kier alpha value is -2.42. The van der Waals surface area contributed by atoms with Crippen LogP contribution in [-0.2, 0) is 11.8 Å². The molecule has 0 saturated heterocycles. The number of hydrogen-bond acceptors (Lipinski definition) is 5. The lowest BCUT2D eigenvalue weighted by atomic mass is 10.1. The summed E-state index contributed by atoms with van der Waals surface area (Å²) in [7, 11) is 1.70. The second-order valence-corrected chi connectivity index (χ2v) is 7.06. The second-order valence-electron chi connectivity index (χ2n) is 6.12. The molecular weight excluding hydrogens is 357 g/mol. The zero-order valence-electron chi connectivity index (χ0n) is 15.0. The number of amides is 3. The van der Waals surface area contributed by atoms with Crippen molar-refractivity contribution in [3.63, 3.8) is 0 Å². The molecule has 1 aromatic heterocycles. The smallest absolute Gasteiger partial charge is 0.321 e. The van der Waals surface area contributed by atoms with Gasteiger partial charge in [0.15, 0.2) is 11.0 Å². The molecule has 7 nitrogen and oxygen atoms in total. The summed E-state index contributed by atoms with van der Waals surface area (Å²) in [4.78, 5) is 23.5. The third-order valence-corrected chi connectivity index (χ3v) is 4.56. The molecule has 140 valence electrons. The number of carbonyl (C=O) groups excluding carboxylic acids is 2. The van der Waals surface area contributed by atoms with Crippen LogP contribution in [0.4, 0.5) is 9.18 Å². The maximum absolute atomic E-state index is 13.9. The highest BCUT2D eigenvalue weighted by molar-refractivity contribution is 7.99. The molecule has 1 aromatic carbocycles. The number of carbonyl (C=O) groups is 2. The number of rotatable bonds is 7. The first kappa shape index (κ1) is 19.9. The Balaban J connectivity index is 1.87. The molecule has 0 saturated carbocycles. The number of urea groups is 1. The van der Waals surface area contributed by atoms with Gasteiger partial charge in [-0.25, -0.2) is 9.18 Å². The van der Waals surface area contributed by atoms with E-state index in [1.807, 2.05) is 0 Å². The standard InChI is InChI=1S/C17H22FN5O2S/c1-11(2)8-9-19-16(25)20-14(24)10-26-17-22-21-15(23(17)3)12-6-4-5-7-13(12)18/h4-7,11H,8-10H2,1-3H3,(H2,19,20,24,25). The average molecular weight is 379 g/mol. The summed E-state index contributed by atoms with van der Waals surface area (Å²) < 4.78 is 15.5. The molecule has 0 bridgehead atoms. The number of aromatic nitrogens is 3. The van der Waals surface area contributed by atoms with Crippen LogP contribution in [-0.4, -0.2) is 39.0 Å². The van der Waals surface area contributed by atoms with Crippen LogP contribution < -0.4 is 10.6 Å². The molecule has 0 spiro atoms. The van der Waals surface area contributed by atoms with E-state index in [1.165, 1.54) is 6.07 Å². The zero-order chi connectivity index (χ0) is 19.1. The van der Waals surface area contributed by atoms with Crippen molar-refractivity contribution in [2.24, 2.45) is 13.0 Å². The first-order valence-corrected chi connectivity index (χ1v) is 9.21. The molecule has 2 N–H and O–H groups in total. The molecule has 0 aliphatic rings. The third-order valence-electron chi connectivity index (χ3n) is 3.54. The lowest BCUT2D eigenvalue weighted by Crippen LogP contribution is -2.40. The van der Waals surface area contributed by atoms with Gasteiger partial charge in [0.05, 0.1) is 11.3 Å². The summed E-state index contributed by atoms with van der Waals surface area (Å²) >= 11 is 1.12. The highest BCUT2D eigenvalue weighted by Crippen LogP contribution is 2.24. The van der Waals surface area contributed by atoms with E-state index in [1.54, 1.807) is 29.8 Å². The minimum atomic E-state index is -0.513. The van der Waals surface area contributed by atoms with Crippen LogP contribution in [0.25, 0.3) is 11.4 Å². The highest BCUT2D eigenvalue weighted by Gasteiger charge is 2.16. The minimum absolute atomic E-state index is 0.000839. The molecule has 0 aliphatic carbocycles. The summed E-state index contributed by atoms with van der Waals surface area (Å²) in [5.74, 6) is 0.0160. The van der Waals surface area contributed by atoms with Crippen LogP contribution in [0.2, 0.25) is 0 Å². The molecule has 2 rings (SSSR count). The molecule has 0 unspecified atom stereocenters. The van der Waals surface area contributed by atoms with E-state index in [0.717, 1.165) is 18.2 Å². The summed E-state index contributed by atoms with van der Waals surface area (Å²) in [6.45, 7) is 4.62. The van der Waals surface area contributed by atoms with Crippen molar-refractivity contribution >= 4 is 23.7 Å². The Morgan fingerprint density at radius 1 is 1.27 bits per heavy atom. The average Bonchev–Trinajstić information content (AvgIpc) is 2.93. The van der Waals surface area contributed by atoms with Gasteiger partial charge in [0.2, 0.25) is 5.91 Å². The van der Waals surface area contributed by atoms with Crippen LogP contribution >= 0.6 is 11.8 Å². The minimum Gasteiger partial charge on any atom is -0.338 e. The number of nitrogens with zero attached hydrogens (tertiary/aromatic N) is 3. The van der Waals surface area contributed by atoms with Gasteiger partial charge in [-0.05, 0) is 24.5 Å². The predicted octanol–water partition coefficient (Wildman–Crippen LogP) is 2.59. The van der Waals surface area contributed by atoms with Crippen molar-refractivity contribution in [1.29, 1.82) is 0 Å². The molecule has 2 aromatic rings. The van der Waals surface area contributed by atoms with Gasteiger partial charge >= 0.3 is 6.03 Å². The largest absolute Gasteiger partial charge is 0.338 e. The van der Waals surface area contributed by atoms with E-state index in [9.17, 15) is 14.0 Å². The molecule has 26 heavy (non-hydrogen) atoms. The van der Waals surface area contributed by atoms with Crippen LogP contribution in [0.3, 0.4) is 0 Å². The quantitative estimate of drug-likeness (QED) is 0.722. The fourth-order valence-corrected chi connectivity index (χ4v) is 2.84. The maximum atomic E-state index is 13.9. The number of nitrogens with one attached hydrogen (secondary N) is 2. The van der Waals surface area contributed by atoms with Crippen molar-refractivity contribution in [3.8, 4) is 11.4 Å². The molecule has 0 aliphatic heterocycles. The van der Waals surface area contributed by atoms with Crippen molar-refractivity contribution < 1.29 is 14.0 Å². The summed E-state index contributed by atoms with van der Waals surface area (Å²) in [5.41, 5.74) is 0.336. The molecule has 1 heterocycles. The molecule has 0 fully saturated rings. The number of hydrogen-bond donors (Lipinski definition) is 2. The van der Waals surface area contributed by atoms with Gasteiger partial charge in [0.25, 0.3) is 0 Å². The van der Waals surface area contributed by atoms with Crippen LogP contribution in [0.15, 0.2) is 29.4 Å². The summed E-state index contributed by atoms with van der Waals surface area (Å²) in [6, 6.07) is 5.76. The summed E-state index contributed by atoms with van der Waals surface area (Å²) in [5, 5.41) is 13.3. The van der Waals surface area contributed by atoms with E-state index in [-0.39, 0.29) is 5.75 Å². The van der Waals surface area contributed by atoms with E-state index in [0.29, 0.717) is 29.0 Å². The zero-order valence-corrected chi connectivity index (χ0v) is 15.8. The van der Waals surface area contributed by atoms with E-state index >= 15 is 0 Å². The van der Waals surface area contributed by atoms with Crippen LogP contribution in [0, 0.1) is 11.7 Å². The Morgan fingerprint density at radius 2 is 2.00 bits per heavy atom. The Kier molecular flexibility index (Phi) is 7.14. The van der Waals surface area contributed by atoms with Gasteiger partial charge in [-0.3, -0.25) is 10.1 Å². The Labute approximate surface area is 155 Å². The lowest BCUT2D eigenvalue weighted by molar-refractivity contribution is -0.117. The number of imide groups is 1. The van der Waals surface area contributed by atoms with Gasteiger partial charge in [-0.15, -0.1) is 10.2 Å². The Morgan fingerprint density at radius 3 is 2.69 bits per heavy atom. The summed E-state index contributed by atoms with van der Waals surface area (Å²) in [6.07, 6.45) is 0.841. The van der Waals surface area contributed by atoms with Crippen LogP contribution in [0.5, 0.6) is 0 Å². The Bertz CT molecular complexity index is 778. The molecule has 0 atom stereocenters. The van der Waals surface area contributed by atoms with Crippen molar-refractivity contribution in [2.75, 3.05) is 12.3 Å². The van der Waals surface area contributed by atoms with E-state index < -0.39 is 17.8 Å². The fourth-order valence-electron chi connectivity index (χ4n) is 2.13. The topological polar surface area (TPSA) is 88.9 Å². The van der Waals surface area contributed by atoms with Gasteiger partial charge in [0.1, 0.15) is 5.82 Å². The fraction of sp³-hybridized carbons (Fsp3) is 0.412. The van der Waals surface area contributed by atoms with E-state index in [2.05, 4.69) is 34.7 Å². The van der Waals surface area contributed by atoms with Crippen molar-refractivity contribution in [3.05, 3.63) is 30.1 Å².